The highest BCUT2D eigenvalue weighted by atomic mass is 16.5. The lowest BCUT2D eigenvalue weighted by Gasteiger charge is -2.27. The fourth-order valence-corrected chi connectivity index (χ4v) is 3.25. The summed E-state index contributed by atoms with van der Waals surface area (Å²) in [5, 5.41) is 0. The van der Waals surface area contributed by atoms with Crippen LogP contribution in [0.1, 0.15) is 34.8 Å². The predicted octanol–water partition coefficient (Wildman–Crippen LogP) is 3.13. The maximum atomic E-state index is 12.0. The molecule has 1 aromatic carbocycles. The highest BCUT2D eigenvalue weighted by Crippen LogP contribution is 2.39. The van der Waals surface area contributed by atoms with Gasteiger partial charge >= 0.3 is 0 Å². The molecule has 5 heteroatoms. The lowest BCUT2D eigenvalue weighted by Crippen LogP contribution is -2.25. The molecule has 3 rings (SSSR count). The van der Waals surface area contributed by atoms with Gasteiger partial charge in [-0.3, -0.25) is 4.79 Å². The first-order valence-electron chi connectivity index (χ1n) is 8.19. The molecule has 0 aliphatic carbocycles. The molecule has 1 aliphatic heterocycles. The second-order valence-corrected chi connectivity index (χ2v) is 6.20. The van der Waals surface area contributed by atoms with Crippen molar-refractivity contribution in [3.8, 4) is 5.75 Å². The summed E-state index contributed by atoms with van der Waals surface area (Å²) in [4.78, 5) is 20.4. The van der Waals surface area contributed by atoms with Gasteiger partial charge in [0.2, 0.25) is 0 Å². The average Bonchev–Trinajstić information content (AvgIpc) is 3.10. The minimum absolute atomic E-state index is 0.0308. The SMILES string of the molecule is COc1ccccc1[C@H]1CCCN1c1ccc(C(=O)N(C)C)cn1. The molecule has 0 bridgehead atoms. The van der Waals surface area contributed by atoms with E-state index in [1.54, 1.807) is 32.3 Å². The van der Waals surface area contributed by atoms with Crippen LogP contribution in [0.3, 0.4) is 0 Å². The Labute approximate surface area is 142 Å². The number of nitrogens with zero attached hydrogens (tertiary/aromatic N) is 3. The van der Waals surface area contributed by atoms with Gasteiger partial charge in [-0.05, 0) is 31.0 Å². The molecule has 126 valence electrons. The van der Waals surface area contributed by atoms with Crippen LogP contribution in [0.4, 0.5) is 5.82 Å². The number of pyridine rings is 1. The monoisotopic (exact) mass is 325 g/mol. The van der Waals surface area contributed by atoms with Crippen LogP contribution in [-0.2, 0) is 0 Å². The van der Waals surface area contributed by atoms with Gasteiger partial charge in [0.05, 0.1) is 18.7 Å². The Morgan fingerprint density at radius 2 is 2.04 bits per heavy atom. The fraction of sp³-hybridized carbons (Fsp3) is 0.368. The van der Waals surface area contributed by atoms with Crippen molar-refractivity contribution in [3.63, 3.8) is 0 Å². The largest absolute Gasteiger partial charge is 0.496 e. The Hall–Kier alpha value is -2.56. The third-order valence-electron chi connectivity index (χ3n) is 4.45. The van der Waals surface area contributed by atoms with Crippen LogP contribution >= 0.6 is 0 Å². The zero-order valence-electron chi connectivity index (χ0n) is 14.4. The molecule has 0 spiro atoms. The van der Waals surface area contributed by atoms with Crippen LogP contribution < -0.4 is 9.64 Å². The smallest absolute Gasteiger partial charge is 0.254 e. The maximum absolute atomic E-state index is 12.0. The highest BCUT2D eigenvalue weighted by molar-refractivity contribution is 5.93. The number of methoxy groups -OCH3 is 1. The molecule has 24 heavy (non-hydrogen) atoms. The minimum Gasteiger partial charge on any atom is -0.496 e. The second-order valence-electron chi connectivity index (χ2n) is 6.20. The number of amides is 1. The van der Waals surface area contributed by atoms with Crippen LogP contribution in [-0.4, -0.2) is 43.5 Å². The summed E-state index contributed by atoms with van der Waals surface area (Å²) in [6.07, 6.45) is 3.85. The van der Waals surface area contributed by atoms with Gasteiger partial charge in [0.1, 0.15) is 11.6 Å². The highest BCUT2D eigenvalue weighted by Gasteiger charge is 2.29. The number of aromatic nitrogens is 1. The summed E-state index contributed by atoms with van der Waals surface area (Å²) in [6.45, 7) is 0.955. The van der Waals surface area contributed by atoms with Crippen molar-refractivity contribution in [2.24, 2.45) is 0 Å². The Balaban J connectivity index is 1.87. The molecule has 1 atom stereocenters. The van der Waals surface area contributed by atoms with E-state index in [0.29, 0.717) is 5.56 Å². The van der Waals surface area contributed by atoms with Crippen molar-refractivity contribution >= 4 is 11.7 Å². The van der Waals surface area contributed by atoms with Crippen molar-refractivity contribution in [1.29, 1.82) is 0 Å². The first kappa shape index (κ1) is 16.3. The molecule has 1 aliphatic rings. The quantitative estimate of drug-likeness (QED) is 0.866. The van der Waals surface area contributed by atoms with Crippen molar-refractivity contribution in [2.45, 2.75) is 18.9 Å². The summed E-state index contributed by atoms with van der Waals surface area (Å²) in [6, 6.07) is 12.2. The van der Waals surface area contributed by atoms with E-state index in [2.05, 4.69) is 16.0 Å². The number of hydrogen-bond acceptors (Lipinski definition) is 4. The predicted molar refractivity (Wildman–Crippen MR) is 94.6 cm³/mol. The van der Waals surface area contributed by atoms with E-state index < -0.39 is 0 Å². The average molecular weight is 325 g/mol. The van der Waals surface area contributed by atoms with Crippen molar-refractivity contribution in [1.82, 2.24) is 9.88 Å². The number of anilines is 1. The van der Waals surface area contributed by atoms with Gasteiger partial charge in [0, 0.05) is 32.4 Å². The van der Waals surface area contributed by atoms with Gasteiger partial charge in [0.15, 0.2) is 0 Å². The molecule has 5 nitrogen and oxygen atoms in total. The van der Waals surface area contributed by atoms with E-state index >= 15 is 0 Å². The summed E-state index contributed by atoms with van der Waals surface area (Å²) < 4.78 is 5.52. The van der Waals surface area contributed by atoms with Crippen LogP contribution in [0.5, 0.6) is 5.75 Å². The molecule has 1 saturated heterocycles. The molecule has 2 aromatic rings. The zero-order valence-corrected chi connectivity index (χ0v) is 14.4. The number of carbonyl (C=O) groups excluding carboxylic acids is 1. The summed E-state index contributed by atoms with van der Waals surface area (Å²) >= 11 is 0. The van der Waals surface area contributed by atoms with E-state index in [1.165, 1.54) is 5.56 Å². The molecule has 0 saturated carbocycles. The number of ether oxygens (including phenoxy) is 1. The van der Waals surface area contributed by atoms with Crippen LogP contribution in [0, 0.1) is 0 Å². The van der Waals surface area contributed by atoms with Crippen molar-refractivity contribution in [2.75, 3.05) is 32.6 Å². The number of hydrogen-bond donors (Lipinski definition) is 0. The van der Waals surface area contributed by atoms with E-state index in [4.69, 9.17) is 4.74 Å². The first-order chi connectivity index (χ1) is 11.6. The van der Waals surface area contributed by atoms with Crippen LogP contribution in [0.15, 0.2) is 42.6 Å². The fourth-order valence-electron chi connectivity index (χ4n) is 3.25. The number of benzene rings is 1. The van der Waals surface area contributed by atoms with Crippen molar-refractivity contribution in [3.05, 3.63) is 53.7 Å². The third kappa shape index (κ3) is 3.07. The number of para-hydroxylation sites is 1. The minimum atomic E-state index is -0.0308. The maximum Gasteiger partial charge on any atom is 0.254 e. The van der Waals surface area contributed by atoms with Gasteiger partial charge in [-0.1, -0.05) is 18.2 Å². The second kappa shape index (κ2) is 6.91. The van der Waals surface area contributed by atoms with Gasteiger partial charge in [-0.2, -0.15) is 0 Å². The lowest BCUT2D eigenvalue weighted by molar-refractivity contribution is 0.0827. The molecular weight excluding hydrogens is 302 g/mol. The van der Waals surface area contributed by atoms with E-state index in [9.17, 15) is 4.79 Å². The first-order valence-corrected chi connectivity index (χ1v) is 8.19. The number of rotatable bonds is 4. The van der Waals surface area contributed by atoms with E-state index in [0.717, 1.165) is 31.0 Å². The van der Waals surface area contributed by atoms with Gasteiger partial charge in [0.25, 0.3) is 5.91 Å². The Morgan fingerprint density at radius 1 is 1.25 bits per heavy atom. The van der Waals surface area contributed by atoms with Gasteiger partial charge < -0.3 is 14.5 Å². The Morgan fingerprint density at radius 3 is 2.71 bits per heavy atom. The lowest BCUT2D eigenvalue weighted by atomic mass is 10.0. The molecule has 2 heterocycles. The molecule has 0 N–H and O–H groups in total. The normalized spacial score (nSPS) is 17.0. The summed E-state index contributed by atoms with van der Waals surface area (Å²) in [7, 11) is 5.20. The van der Waals surface area contributed by atoms with E-state index in [-0.39, 0.29) is 11.9 Å². The van der Waals surface area contributed by atoms with Gasteiger partial charge in [-0.25, -0.2) is 4.98 Å². The summed E-state index contributed by atoms with van der Waals surface area (Å²) in [5.41, 5.74) is 1.80. The molecule has 0 radical (unpaired) electrons. The van der Waals surface area contributed by atoms with E-state index in [1.807, 2.05) is 30.3 Å². The topological polar surface area (TPSA) is 45.7 Å². The molecule has 1 aromatic heterocycles. The van der Waals surface area contributed by atoms with Crippen molar-refractivity contribution < 1.29 is 9.53 Å². The zero-order chi connectivity index (χ0) is 17.1. The molecule has 1 amide bonds. The third-order valence-corrected chi connectivity index (χ3v) is 4.45. The van der Waals surface area contributed by atoms with Crippen LogP contribution in [0.2, 0.25) is 0 Å². The number of carbonyl (C=O) groups is 1. The molecular formula is C19H23N3O2. The molecule has 0 unspecified atom stereocenters. The Kier molecular flexibility index (Phi) is 4.69. The van der Waals surface area contributed by atoms with Crippen LogP contribution in [0.25, 0.3) is 0 Å². The standard InChI is InChI=1S/C19H23N3O2/c1-21(2)19(23)14-10-11-18(20-13-14)22-12-6-8-16(22)15-7-4-5-9-17(15)24-3/h4-5,7,9-11,13,16H,6,8,12H2,1-3H3/t16-/m1/s1. The van der Waals surface area contributed by atoms with Gasteiger partial charge in [-0.15, -0.1) is 0 Å². The summed E-state index contributed by atoms with van der Waals surface area (Å²) in [5.74, 6) is 1.78. The molecule has 1 fully saturated rings. The Bertz CT molecular complexity index is 713.